The van der Waals surface area contributed by atoms with Crippen LogP contribution in [0.2, 0.25) is 0 Å². The molecule has 1 aliphatic heterocycles. The van der Waals surface area contributed by atoms with E-state index in [0.29, 0.717) is 25.4 Å². The average Bonchev–Trinajstić information content (AvgIpc) is 3.01. The highest BCUT2D eigenvalue weighted by molar-refractivity contribution is 7.89. The van der Waals surface area contributed by atoms with Crippen molar-refractivity contribution in [1.29, 1.82) is 0 Å². The maximum atomic E-state index is 12.8. The Hall–Kier alpha value is -2.39. The van der Waals surface area contributed by atoms with E-state index in [9.17, 15) is 13.2 Å². The Bertz CT molecular complexity index is 927. The monoisotopic (exact) mass is 407 g/mol. The normalized spacial score (nSPS) is 15.6. The minimum Gasteiger partial charge on any atom is -0.493 e. The molecule has 1 aliphatic rings. The van der Waals surface area contributed by atoms with Crippen LogP contribution in [0.25, 0.3) is 0 Å². The van der Waals surface area contributed by atoms with Crippen LogP contribution in [0, 0.1) is 20.8 Å². The number of amides is 1. The van der Waals surface area contributed by atoms with Gasteiger partial charge in [0.25, 0.3) is 0 Å². The van der Waals surface area contributed by atoms with Crippen LogP contribution < -0.4 is 4.74 Å². The van der Waals surface area contributed by atoms with E-state index in [1.807, 2.05) is 31.2 Å². The fourth-order valence-corrected chi connectivity index (χ4v) is 4.98. The van der Waals surface area contributed by atoms with Gasteiger partial charge in [-0.3, -0.25) is 4.79 Å². The van der Waals surface area contributed by atoms with Crippen molar-refractivity contribution in [2.45, 2.75) is 32.1 Å². The predicted molar refractivity (Wildman–Crippen MR) is 103 cm³/mol. The molecule has 152 valence electrons. The standard InChI is InChI=1S/C19H25N3O5S/c1-14-5-4-6-17(13-14)26-12-7-18(23)21-8-10-22(11-9-21)28(24,25)19-15(2)20-27-16(19)3/h4-6,13H,7-12H2,1-3H3. The summed E-state index contributed by atoms with van der Waals surface area (Å²) in [5.41, 5.74) is 1.45. The number of nitrogens with zero attached hydrogens (tertiary/aromatic N) is 3. The Kier molecular flexibility index (Phi) is 6.04. The number of piperazine rings is 1. The van der Waals surface area contributed by atoms with Gasteiger partial charge in [-0.1, -0.05) is 17.3 Å². The number of aromatic nitrogens is 1. The molecule has 0 aliphatic carbocycles. The third-order valence-corrected chi connectivity index (χ3v) is 6.88. The lowest BCUT2D eigenvalue weighted by atomic mass is 10.2. The van der Waals surface area contributed by atoms with Crippen molar-refractivity contribution in [1.82, 2.24) is 14.4 Å². The van der Waals surface area contributed by atoms with Gasteiger partial charge in [0, 0.05) is 26.2 Å². The van der Waals surface area contributed by atoms with Gasteiger partial charge < -0.3 is 14.2 Å². The predicted octanol–water partition coefficient (Wildman–Crippen LogP) is 1.90. The van der Waals surface area contributed by atoms with Crippen LogP contribution in [0.5, 0.6) is 5.75 Å². The highest BCUT2D eigenvalue weighted by Gasteiger charge is 2.34. The quantitative estimate of drug-likeness (QED) is 0.726. The second kappa shape index (κ2) is 8.32. The summed E-state index contributed by atoms with van der Waals surface area (Å²) in [6, 6.07) is 7.66. The molecule has 2 heterocycles. The van der Waals surface area contributed by atoms with Crippen LogP contribution in [-0.2, 0) is 14.8 Å². The minimum absolute atomic E-state index is 0.0398. The van der Waals surface area contributed by atoms with Crippen LogP contribution >= 0.6 is 0 Å². The van der Waals surface area contributed by atoms with Crippen molar-refractivity contribution >= 4 is 15.9 Å². The molecule has 2 aromatic rings. The van der Waals surface area contributed by atoms with Crippen LogP contribution in [0.1, 0.15) is 23.4 Å². The van der Waals surface area contributed by atoms with Gasteiger partial charge in [0.1, 0.15) is 16.3 Å². The molecule has 1 aromatic carbocycles. The molecule has 0 saturated carbocycles. The maximum absolute atomic E-state index is 12.8. The van der Waals surface area contributed by atoms with Crippen LogP contribution in [0.15, 0.2) is 33.7 Å². The Morgan fingerprint density at radius 2 is 1.89 bits per heavy atom. The molecule has 8 nitrogen and oxygen atoms in total. The lowest BCUT2D eigenvalue weighted by Gasteiger charge is -2.34. The van der Waals surface area contributed by atoms with Gasteiger partial charge >= 0.3 is 0 Å². The zero-order valence-electron chi connectivity index (χ0n) is 16.3. The van der Waals surface area contributed by atoms with E-state index in [2.05, 4.69) is 5.16 Å². The molecule has 0 unspecified atom stereocenters. The Labute approximate surface area is 165 Å². The summed E-state index contributed by atoms with van der Waals surface area (Å²) in [4.78, 5) is 14.2. The first-order valence-electron chi connectivity index (χ1n) is 9.19. The molecular weight excluding hydrogens is 382 g/mol. The molecule has 0 radical (unpaired) electrons. The summed E-state index contributed by atoms with van der Waals surface area (Å²) in [6.45, 7) is 6.66. The van der Waals surface area contributed by atoms with Crippen molar-refractivity contribution in [3.63, 3.8) is 0 Å². The van der Waals surface area contributed by atoms with E-state index < -0.39 is 10.0 Å². The molecule has 0 N–H and O–H groups in total. The highest BCUT2D eigenvalue weighted by Crippen LogP contribution is 2.24. The lowest BCUT2D eigenvalue weighted by Crippen LogP contribution is -2.50. The number of aryl methyl sites for hydroxylation is 3. The van der Waals surface area contributed by atoms with Gasteiger partial charge in [-0.15, -0.1) is 0 Å². The number of sulfonamides is 1. The molecular formula is C19H25N3O5S. The zero-order chi connectivity index (χ0) is 20.3. The number of carbonyl (C=O) groups is 1. The van der Waals surface area contributed by atoms with Crippen molar-refractivity contribution in [2.75, 3.05) is 32.8 Å². The lowest BCUT2D eigenvalue weighted by molar-refractivity contribution is -0.132. The number of hydrogen-bond acceptors (Lipinski definition) is 6. The SMILES string of the molecule is Cc1cccc(OCCC(=O)N2CCN(S(=O)(=O)c3c(C)noc3C)CC2)c1. The van der Waals surface area contributed by atoms with Gasteiger partial charge in [0.05, 0.1) is 13.0 Å². The fourth-order valence-electron chi connectivity index (χ4n) is 3.27. The Morgan fingerprint density at radius 3 is 2.50 bits per heavy atom. The summed E-state index contributed by atoms with van der Waals surface area (Å²) in [7, 11) is -3.67. The molecule has 9 heteroatoms. The number of benzene rings is 1. The van der Waals surface area contributed by atoms with E-state index in [0.717, 1.165) is 11.3 Å². The van der Waals surface area contributed by atoms with Crippen LogP contribution in [0.4, 0.5) is 0 Å². The van der Waals surface area contributed by atoms with Gasteiger partial charge in [0.15, 0.2) is 5.76 Å². The molecule has 28 heavy (non-hydrogen) atoms. The van der Waals surface area contributed by atoms with E-state index in [1.54, 1.807) is 18.7 Å². The van der Waals surface area contributed by atoms with Gasteiger partial charge in [-0.05, 0) is 38.5 Å². The van der Waals surface area contributed by atoms with Crippen LogP contribution in [0.3, 0.4) is 0 Å². The van der Waals surface area contributed by atoms with Gasteiger partial charge in [-0.2, -0.15) is 4.31 Å². The maximum Gasteiger partial charge on any atom is 0.248 e. The molecule has 0 spiro atoms. The van der Waals surface area contributed by atoms with Crippen molar-refractivity contribution < 1.29 is 22.5 Å². The number of hydrogen-bond donors (Lipinski definition) is 0. The summed E-state index contributed by atoms with van der Waals surface area (Å²) in [5.74, 6) is 0.981. The van der Waals surface area contributed by atoms with Crippen molar-refractivity contribution in [3.8, 4) is 5.75 Å². The van der Waals surface area contributed by atoms with Gasteiger partial charge in [-0.25, -0.2) is 8.42 Å². The molecule has 1 amide bonds. The first kappa shape index (κ1) is 20.3. The molecule has 0 bridgehead atoms. The van der Waals surface area contributed by atoms with Crippen molar-refractivity contribution in [3.05, 3.63) is 41.3 Å². The van der Waals surface area contributed by atoms with E-state index in [-0.39, 0.29) is 36.1 Å². The summed E-state index contributed by atoms with van der Waals surface area (Å²) in [5, 5.41) is 3.73. The third kappa shape index (κ3) is 4.36. The molecule has 1 saturated heterocycles. The largest absolute Gasteiger partial charge is 0.493 e. The second-order valence-corrected chi connectivity index (χ2v) is 8.73. The van der Waals surface area contributed by atoms with E-state index in [4.69, 9.17) is 9.26 Å². The summed E-state index contributed by atoms with van der Waals surface area (Å²) < 4.78 is 37.6. The van der Waals surface area contributed by atoms with E-state index in [1.165, 1.54) is 4.31 Å². The number of rotatable bonds is 6. The molecule has 1 aromatic heterocycles. The fraction of sp³-hybridized carbons (Fsp3) is 0.474. The first-order chi connectivity index (χ1) is 13.3. The van der Waals surface area contributed by atoms with E-state index >= 15 is 0 Å². The third-order valence-electron chi connectivity index (χ3n) is 4.73. The first-order valence-corrected chi connectivity index (χ1v) is 10.6. The second-order valence-electron chi connectivity index (χ2n) is 6.85. The Morgan fingerprint density at radius 1 is 1.18 bits per heavy atom. The minimum atomic E-state index is -3.67. The van der Waals surface area contributed by atoms with Crippen molar-refractivity contribution in [2.24, 2.45) is 0 Å². The summed E-state index contributed by atoms with van der Waals surface area (Å²) >= 11 is 0. The average molecular weight is 407 g/mol. The van der Waals surface area contributed by atoms with Gasteiger partial charge in [0.2, 0.25) is 15.9 Å². The number of carbonyl (C=O) groups excluding carboxylic acids is 1. The molecule has 3 rings (SSSR count). The Balaban J connectivity index is 1.51. The molecule has 0 atom stereocenters. The highest BCUT2D eigenvalue weighted by atomic mass is 32.2. The van der Waals surface area contributed by atoms with Crippen LogP contribution in [-0.4, -0.2) is 61.5 Å². The zero-order valence-corrected chi connectivity index (χ0v) is 17.2. The summed E-state index contributed by atoms with van der Waals surface area (Å²) in [6.07, 6.45) is 0.255. The smallest absolute Gasteiger partial charge is 0.248 e. The topological polar surface area (TPSA) is 93.0 Å². The number of ether oxygens (including phenoxy) is 1. The molecule has 1 fully saturated rings.